The van der Waals surface area contributed by atoms with Crippen LogP contribution in [0, 0.1) is 0 Å². The van der Waals surface area contributed by atoms with Crippen molar-refractivity contribution in [1.29, 1.82) is 0 Å². The van der Waals surface area contributed by atoms with Gasteiger partial charge >= 0.3 is 5.97 Å². The largest absolute Gasteiger partial charge is 0.467 e. The molecule has 1 heterocycles. The van der Waals surface area contributed by atoms with E-state index in [0.717, 1.165) is 7.11 Å². The Bertz CT molecular complexity index is 294. The number of methoxy groups -OCH3 is 1. The lowest BCUT2D eigenvalue weighted by atomic mass is 10.2. The fraction of sp³-hybridized carbons (Fsp3) is 0.714. The predicted molar refractivity (Wildman–Crippen MR) is 38.1 cm³/mol. The number of rotatable bonds is 1. The molecule has 0 aromatic rings. The second-order valence-electron chi connectivity index (χ2n) is 2.45. The Morgan fingerprint density at radius 2 is 2.58 bits per heavy atom. The minimum absolute atomic E-state index is 0.267. The summed E-state index contributed by atoms with van der Waals surface area (Å²) < 4.78 is 38.3. The summed E-state index contributed by atoms with van der Waals surface area (Å²) in [4.78, 5) is 22.6. The van der Waals surface area contributed by atoms with E-state index in [2.05, 4.69) is 4.74 Å². The molecule has 1 aliphatic rings. The molecule has 1 fully saturated rings. The second-order valence-corrected chi connectivity index (χ2v) is 2.45. The fourth-order valence-corrected chi connectivity index (χ4v) is 1.04. The van der Waals surface area contributed by atoms with E-state index >= 15 is 0 Å². The number of carbonyl (C=O) groups excluding carboxylic acids is 2. The number of halogens is 1. The third kappa shape index (κ3) is 1.26. The number of nitrogens with zero attached hydrogens (tertiary/aromatic N) is 1. The molecule has 5 heteroatoms. The van der Waals surface area contributed by atoms with E-state index in [1.807, 2.05) is 0 Å². The van der Waals surface area contributed by atoms with Crippen molar-refractivity contribution < 1.29 is 22.8 Å². The van der Waals surface area contributed by atoms with E-state index in [-0.39, 0.29) is 4.90 Å². The highest BCUT2D eigenvalue weighted by atomic mass is 19.1. The molecule has 0 radical (unpaired) electrons. The minimum Gasteiger partial charge on any atom is -0.467 e. The molecule has 1 rings (SSSR count). The van der Waals surface area contributed by atoms with E-state index in [0.29, 0.717) is 0 Å². The van der Waals surface area contributed by atoms with Crippen LogP contribution in [0.25, 0.3) is 0 Å². The average Bonchev–Trinajstić information content (AvgIpc) is 2.41. The number of hydrogen-bond donors (Lipinski definition) is 0. The average molecular weight is 178 g/mol. The van der Waals surface area contributed by atoms with Crippen molar-refractivity contribution in [3.05, 3.63) is 0 Å². The SMILES string of the molecule is [2H]C([2H])([2H])N1C(=O)[C@H](F)C[C@H]1C(=O)OC. The molecule has 4 nitrogen and oxygen atoms in total. The van der Waals surface area contributed by atoms with Gasteiger partial charge in [-0.25, -0.2) is 9.18 Å². The molecular formula is C7H10FNO3. The first-order valence-corrected chi connectivity index (χ1v) is 3.34. The van der Waals surface area contributed by atoms with Crippen molar-refractivity contribution in [3.63, 3.8) is 0 Å². The molecule has 1 amide bonds. The molecule has 0 saturated carbocycles. The maximum Gasteiger partial charge on any atom is 0.328 e. The van der Waals surface area contributed by atoms with Crippen LogP contribution in [-0.4, -0.2) is 43.1 Å². The normalized spacial score (nSPS) is 34.0. The van der Waals surface area contributed by atoms with Crippen molar-refractivity contribution >= 4 is 11.9 Å². The maximum absolute atomic E-state index is 13.0. The predicted octanol–water partition coefficient (Wildman–Crippen LogP) is -0.272. The number of likely N-dealkylation sites (N-methyl/N-ethyl adjacent to an activating group) is 1. The number of carbonyl (C=O) groups is 2. The Hall–Kier alpha value is -1.13. The van der Waals surface area contributed by atoms with Crippen molar-refractivity contribution in [2.45, 2.75) is 18.6 Å². The smallest absolute Gasteiger partial charge is 0.328 e. The van der Waals surface area contributed by atoms with Crippen LogP contribution < -0.4 is 0 Å². The Morgan fingerprint density at radius 1 is 1.92 bits per heavy atom. The summed E-state index contributed by atoms with van der Waals surface area (Å²) in [6.45, 7) is -2.82. The third-order valence-electron chi connectivity index (χ3n) is 1.72. The lowest BCUT2D eigenvalue weighted by Crippen LogP contribution is -2.36. The zero-order chi connectivity index (χ0) is 11.8. The van der Waals surface area contributed by atoms with Crippen molar-refractivity contribution in [2.75, 3.05) is 14.1 Å². The summed E-state index contributed by atoms with van der Waals surface area (Å²) in [7, 11) is 1.05. The van der Waals surface area contributed by atoms with E-state index in [1.54, 1.807) is 0 Å². The molecule has 0 bridgehead atoms. The molecule has 1 saturated heterocycles. The standard InChI is InChI=1S/C7H10FNO3/c1-9-5(7(11)12-2)3-4(8)6(9)10/h4-5H,3H2,1-2H3/t4-,5+/m1/s1/i1D3. The topological polar surface area (TPSA) is 46.6 Å². The van der Waals surface area contributed by atoms with Crippen LogP contribution in [0.4, 0.5) is 4.39 Å². The monoisotopic (exact) mass is 178 g/mol. The van der Waals surface area contributed by atoms with E-state index in [4.69, 9.17) is 4.11 Å². The van der Waals surface area contributed by atoms with Crippen LogP contribution >= 0.6 is 0 Å². The second kappa shape index (κ2) is 3.08. The first-order chi connectivity index (χ1) is 6.79. The van der Waals surface area contributed by atoms with Gasteiger partial charge in [0.15, 0.2) is 6.17 Å². The van der Waals surface area contributed by atoms with Gasteiger partial charge in [0.05, 0.1) is 7.11 Å². The molecule has 0 unspecified atom stereocenters. The molecule has 0 aromatic carbocycles. The van der Waals surface area contributed by atoms with Gasteiger partial charge in [-0.2, -0.15) is 0 Å². The Morgan fingerprint density at radius 3 is 3.08 bits per heavy atom. The molecule has 0 aliphatic carbocycles. The van der Waals surface area contributed by atoms with Gasteiger partial charge in [-0.05, 0) is 0 Å². The molecule has 68 valence electrons. The van der Waals surface area contributed by atoms with Crippen LogP contribution in [0.15, 0.2) is 0 Å². The van der Waals surface area contributed by atoms with Gasteiger partial charge in [0.1, 0.15) is 6.04 Å². The molecule has 1 aliphatic heterocycles. The number of hydrogen-bond acceptors (Lipinski definition) is 3. The van der Waals surface area contributed by atoms with Crippen molar-refractivity contribution in [3.8, 4) is 0 Å². The van der Waals surface area contributed by atoms with Gasteiger partial charge < -0.3 is 9.64 Å². The van der Waals surface area contributed by atoms with Gasteiger partial charge in [-0.15, -0.1) is 0 Å². The summed E-state index contributed by atoms with van der Waals surface area (Å²) in [6.07, 6.45) is -2.42. The van der Waals surface area contributed by atoms with Crippen LogP contribution in [0.2, 0.25) is 0 Å². The molecular weight excluding hydrogens is 165 g/mol. The number of ether oxygens (including phenoxy) is 1. The van der Waals surface area contributed by atoms with Crippen LogP contribution in [0.3, 0.4) is 0 Å². The van der Waals surface area contributed by atoms with Crippen molar-refractivity contribution in [1.82, 2.24) is 4.90 Å². The Labute approximate surface area is 73.5 Å². The number of likely N-dealkylation sites (tertiary alicyclic amines) is 1. The molecule has 0 N–H and O–H groups in total. The van der Waals surface area contributed by atoms with Gasteiger partial charge in [0.2, 0.25) is 0 Å². The summed E-state index contributed by atoms with van der Waals surface area (Å²) in [6, 6.07) is -1.36. The highest BCUT2D eigenvalue weighted by molar-refractivity contribution is 5.90. The van der Waals surface area contributed by atoms with Gasteiger partial charge in [-0.1, -0.05) is 0 Å². The fourth-order valence-electron chi connectivity index (χ4n) is 1.04. The van der Waals surface area contributed by atoms with E-state index < -0.39 is 37.5 Å². The first-order valence-electron chi connectivity index (χ1n) is 4.84. The lowest BCUT2D eigenvalue weighted by molar-refractivity contribution is -0.148. The Kier molecular flexibility index (Phi) is 1.41. The van der Waals surface area contributed by atoms with E-state index in [1.165, 1.54) is 0 Å². The highest BCUT2D eigenvalue weighted by Crippen LogP contribution is 2.20. The summed E-state index contributed by atoms with van der Waals surface area (Å²) in [5.41, 5.74) is 0. The third-order valence-corrected chi connectivity index (χ3v) is 1.72. The number of alkyl halides is 1. The van der Waals surface area contributed by atoms with Crippen molar-refractivity contribution in [2.24, 2.45) is 0 Å². The van der Waals surface area contributed by atoms with Gasteiger partial charge in [-0.3, -0.25) is 4.79 Å². The summed E-state index contributed by atoms with van der Waals surface area (Å²) >= 11 is 0. The van der Waals surface area contributed by atoms with Crippen LogP contribution in [0.5, 0.6) is 0 Å². The van der Waals surface area contributed by atoms with Crippen LogP contribution in [-0.2, 0) is 14.3 Å². The molecule has 2 atom stereocenters. The van der Waals surface area contributed by atoms with E-state index in [9.17, 15) is 14.0 Å². The zero-order valence-corrected chi connectivity index (χ0v) is 6.41. The molecule has 12 heavy (non-hydrogen) atoms. The van der Waals surface area contributed by atoms with Gasteiger partial charge in [0.25, 0.3) is 5.91 Å². The molecule has 0 spiro atoms. The van der Waals surface area contributed by atoms with Crippen LogP contribution in [0.1, 0.15) is 10.5 Å². The zero-order valence-electron chi connectivity index (χ0n) is 9.41. The van der Waals surface area contributed by atoms with Gasteiger partial charge in [0, 0.05) is 17.5 Å². The summed E-state index contributed by atoms with van der Waals surface area (Å²) in [5.74, 6) is -2.11. The number of amides is 1. The maximum atomic E-state index is 13.0. The molecule has 0 aromatic heterocycles. The quantitative estimate of drug-likeness (QED) is 0.519. The number of esters is 1. The summed E-state index contributed by atoms with van der Waals surface area (Å²) in [5, 5.41) is 0. The Balaban J connectivity index is 2.98. The highest BCUT2D eigenvalue weighted by Gasteiger charge is 2.41. The first kappa shape index (κ1) is 5.50. The lowest BCUT2D eigenvalue weighted by Gasteiger charge is -2.15. The minimum atomic E-state index is -2.82.